The van der Waals surface area contributed by atoms with Crippen LogP contribution in [0.2, 0.25) is 0 Å². The van der Waals surface area contributed by atoms with Crippen LogP contribution in [-0.4, -0.2) is 9.13 Å². The molecule has 52 heavy (non-hydrogen) atoms. The van der Waals surface area contributed by atoms with E-state index in [1.165, 1.54) is 82.3 Å². The van der Waals surface area contributed by atoms with Gasteiger partial charge in [-0.25, -0.2) is 0 Å². The Kier molecular flexibility index (Phi) is 6.44. The first-order chi connectivity index (χ1) is 25.8. The van der Waals surface area contributed by atoms with E-state index in [-0.39, 0.29) is 6.04 Å². The summed E-state index contributed by atoms with van der Waals surface area (Å²) >= 11 is 0. The molecule has 1 aliphatic heterocycles. The second-order valence-electron chi connectivity index (χ2n) is 14.1. The lowest BCUT2D eigenvalue weighted by molar-refractivity contribution is 0.762. The predicted molar refractivity (Wildman–Crippen MR) is 220 cm³/mol. The molecule has 1 N–H and O–H groups in total. The molecule has 2 aliphatic rings. The number of nitrogens with one attached hydrogen (secondary N) is 1. The largest absolute Gasteiger partial charge is 0.374 e. The summed E-state index contributed by atoms with van der Waals surface area (Å²) < 4.78 is 5.08. The third-order valence-corrected chi connectivity index (χ3v) is 11.2. The topological polar surface area (TPSA) is 21.9 Å². The number of hydrogen-bond acceptors (Lipinski definition) is 1. The van der Waals surface area contributed by atoms with Crippen LogP contribution in [0, 0.1) is 0 Å². The summed E-state index contributed by atoms with van der Waals surface area (Å²) in [5.74, 6) is 0. The Bertz CT molecular complexity index is 2970. The first-order valence-corrected chi connectivity index (χ1v) is 18.3. The molecule has 246 valence electrons. The number of para-hydroxylation sites is 2. The van der Waals surface area contributed by atoms with Gasteiger partial charge in [-0.2, -0.15) is 0 Å². The van der Waals surface area contributed by atoms with Gasteiger partial charge in [0.2, 0.25) is 0 Å². The van der Waals surface area contributed by atoms with Gasteiger partial charge in [0.15, 0.2) is 0 Å². The molecule has 1 atom stereocenters. The third-order valence-electron chi connectivity index (χ3n) is 11.2. The molecule has 0 bridgehead atoms. The molecule has 0 amide bonds. The van der Waals surface area contributed by atoms with Crippen molar-refractivity contribution in [2.75, 3.05) is 0 Å². The van der Waals surface area contributed by atoms with Crippen molar-refractivity contribution in [3.8, 4) is 5.69 Å². The Balaban J connectivity index is 1.27. The molecule has 0 saturated heterocycles. The van der Waals surface area contributed by atoms with Crippen molar-refractivity contribution in [2.24, 2.45) is 0 Å². The van der Waals surface area contributed by atoms with Crippen molar-refractivity contribution in [3.05, 3.63) is 192 Å². The highest BCUT2D eigenvalue weighted by Gasteiger charge is 2.25. The molecule has 11 rings (SSSR count). The monoisotopic (exact) mass is 665 g/mol. The highest BCUT2D eigenvalue weighted by atomic mass is 15.0. The molecule has 3 nitrogen and oxygen atoms in total. The minimum Gasteiger partial charge on any atom is -0.374 e. The van der Waals surface area contributed by atoms with Gasteiger partial charge >= 0.3 is 0 Å². The van der Waals surface area contributed by atoms with Gasteiger partial charge in [-0.05, 0) is 82.3 Å². The van der Waals surface area contributed by atoms with E-state index in [0.29, 0.717) is 0 Å². The molecule has 0 radical (unpaired) electrons. The van der Waals surface area contributed by atoms with Gasteiger partial charge in [0.25, 0.3) is 0 Å². The fraction of sp³-hybridized carbons (Fsp3) is 0.0612. The Labute approximate surface area is 302 Å². The number of nitrogens with zero attached hydrogens (tertiary/aromatic N) is 2. The molecule has 1 aliphatic carbocycles. The molecule has 3 heterocycles. The van der Waals surface area contributed by atoms with Crippen molar-refractivity contribution in [1.29, 1.82) is 0 Å². The molecule has 0 fully saturated rings. The minimum absolute atomic E-state index is 0.00495. The lowest BCUT2D eigenvalue weighted by Gasteiger charge is -2.26. The molecular formula is C49H35N3. The molecule has 1 unspecified atom stereocenters. The Hall–Kier alpha value is -6.58. The van der Waals surface area contributed by atoms with Crippen molar-refractivity contribution >= 4 is 71.9 Å². The van der Waals surface area contributed by atoms with E-state index in [2.05, 4.69) is 190 Å². The quantitative estimate of drug-likeness (QED) is 0.199. The van der Waals surface area contributed by atoms with E-state index >= 15 is 0 Å². The molecule has 0 saturated carbocycles. The third kappa shape index (κ3) is 4.32. The van der Waals surface area contributed by atoms with Crippen molar-refractivity contribution in [2.45, 2.75) is 18.9 Å². The summed E-state index contributed by atoms with van der Waals surface area (Å²) in [6.07, 6.45) is 11.5. The molecular weight excluding hydrogens is 631 g/mol. The zero-order chi connectivity index (χ0) is 34.2. The SMILES string of the molecule is C1=Cc2c(c(-n3c4ccccc4c4c5c(ccc43)c3ccccc3n5C3=CC(c4ccccc4)NC(c4ccccc4)=C3)cc3ccccc23)CC1. The van der Waals surface area contributed by atoms with Gasteiger partial charge in [0.05, 0.1) is 33.8 Å². The van der Waals surface area contributed by atoms with Gasteiger partial charge in [-0.1, -0.05) is 140 Å². The van der Waals surface area contributed by atoms with Gasteiger partial charge in [-0.3, -0.25) is 0 Å². The van der Waals surface area contributed by atoms with Crippen molar-refractivity contribution < 1.29 is 0 Å². The van der Waals surface area contributed by atoms with E-state index in [4.69, 9.17) is 0 Å². The second-order valence-corrected chi connectivity index (χ2v) is 14.1. The highest BCUT2D eigenvalue weighted by molar-refractivity contribution is 6.27. The fourth-order valence-corrected chi connectivity index (χ4v) is 8.90. The molecule has 9 aromatic rings. The number of aromatic nitrogens is 2. The van der Waals surface area contributed by atoms with Crippen LogP contribution in [0.4, 0.5) is 0 Å². The van der Waals surface area contributed by atoms with Crippen LogP contribution in [0.3, 0.4) is 0 Å². The maximum atomic E-state index is 3.87. The van der Waals surface area contributed by atoms with Gasteiger partial charge in [0, 0.05) is 32.9 Å². The number of fused-ring (bicyclic) bond motifs is 10. The summed E-state index contributed by atoms with van der Waals surface area (Å²) in [5.41, 5.74) is 13.7. The lowest BCUT2D eigenvalue weighted by atomic mass is 9.90. The summed E-state index contributed by atoms with van der Waals surface area (Å²) in [4.78, 5) is 0. The number of allylic oxidation sites excluding steroid dienone is 3. The number of rotatable bonds is 4. The minimum atomic E-state index is 0.00495. The maximum absolute atomic E-state index is 3.87. The Morgan fingerprint density at radius 2 is 1.27 bits per heavy atom. The van der Waals surface area contributed by atoms with E-state index in [9.17, 15) is 0 Å². The van der Waals surface area contributed by atoms with Crippen LogP contribution < -0.4 is 5.32 Å². The normalized spacial score (nSPS) is 15.7. The molecule has 3 heteroatoms. The maximum Gasteiger partial charge on any atom is 0.0721 e. The first kappa shape index (κ1) is 29.2. The van der Waals surface area contributed by atoms with Crippen LogP contribution in [0.5, 0.6) is 0 Å². The van der Waals surface area contributed by atoms with E-state index < -0.39 is 0 Å². The van der Waals surface area contributed by atoms with Crippen LogP contribution in [0.15, 0.2) is 170 Å². The zero-order valence-electron chi connectivity index (χ0n) is 28.6. The molecule has 0 spiro atoms. The number of hydrogen-bond donors (Lipinski definition) is 1. The average molecular weight is 666 g/mol. The van der Waals surface area contributed by atoms with Gasteiger partial charge < -0.3 is 14.5 Å². The lowest BCUT2D eigenvalue weighted by Crippen LogP contribution is -2.22. The number of dihydropyridines is 1. The number of benzene rings is 7. The van der Waals surface area contributed by atoms with Crippen LogP contribution in [-0.2, 0) is 6.42 Å². The smallest absolute Gasteiger partial charge is 0.0721 e. The summed E-state index contributed by atoms with van der Waals surface area (Å²) in [5, 5.41) is 11.5. The van der Waals surface area contributed by atoms with Crippen LogP contribution >= 0.6 is 0 Å². The summed E-state index contributed by atoms with van der Waals surface area (Å²) in [7, 11) is 0. The highest BCUT2D eigenvalue weighted by Crippen LogP contribution is 2.45. The zero-order valence-corrected chi connectivity index (χ0v) is 28.6. The van der Waals surface area contributed by atoms with Crippen LogP contribution in [0.1, 0.15) is 34.7 Å². The molecule has 2 aromatic heterocycles. The summed E-state index contributed by atoms with van der Waals surface area (Å²) in [6.45, 7) is 0. The van der Waals surface area contributed by atoms with E-state index in [0.717, 1.165) is 24.2 Å². The van der Waals surface area contributed by atoms with E-state index in [1.54, 1.807) is 0 Å². The average Bonchev–Trinajstić information content (AvgIpc) is 3.74. The Morgan fingerprint density at radius 1 is 0.577 bits per heavy atom. The summed E-state index contributed by atoms with van der Waals surface area (Å²) in [6, 6.07) is 55.4. The first-order valence-electron chi connectivity index (χ1n) is 18.3. The van der Waals surface area contributed by atoms with E-state index in [1.807, 2.05) is 0 Å². The fourth-order valence-electron chi connectivity index (χ4n) is 8.90. The second kappa shape index (κ2) is 11.5. The van der Waals surface area contributed by atoms with Gasteiger partial charge in [0.1, 0.15) is 0 Å². The van der Waals surface area contributed by atoms with Crippen molar-refractivity contribution in [1.82, 2.24) is 14.5 Å². The molecule has 7 aromatic carbocycles. The van der Waals surface area contributed by atoms with Crippen molar-refractivity contribution in [3.63, 3.8) is 0 Å². The standard InChI is InChI=1S/C49H35N3/c1-3-15-32(16-4-1)42-30-35(31-43(50-42)33-17-5-2-6-18-33)51-44-25-13-11-23-39(44)40-27-28-46-48(49(40)51)41-24-12-14-26-45(41)52(46)47-29-34-19-7-8-20-36(34)37-21-9-10-22-38(37)47/h1-9,11-21,23-31,42,50H,10,22H2. The van der Waals surface area contributed by atoms with Gasteiger partial charge in [-0.15, -0.1) is 0 Å². The predicted octanol–water partition coefficient (Wildman–Crippen LogP) is 12.2. The van der Waals surface area contributed by atoms with Crippen LogP contribution in [0.25, 0.3) is 77.5 Å². The Morgan fingerprint density at radius 3 is 2.10 bits per heavy atom.